The number of rotatable bonds is 5. The second kappa shape index (κ2) is 9.45. The number of amides is 1. The number of halogens is 2. The Morgan fingerprint density at radius 3 is 1.90 bits per heavy atom. The molecule has 2 heterocycles. The first kappa shape index (κ1) is 21.9. The zero-order valence-electron chi connectivity index (χ0n) is 18.3. The van der Waals surface area contributed by atoms with Gasteiger partial charge < -0.3 is 4.90 Å². The Bertz CT molecular complexity index is 833. The summed E-state index contributed by atoms with van der Waals surface area (Å²) in [6.45, 7) is 7.99. The lowest BCUT2D eigenvalue weighted by atomic mass is 9.96. The van der Waals surface area contributed by atoms with Crippen LogP contribution < -0.4 is 0 Å². The summed E-state index contributed by atoms with van der Waals surface area (Å²) < 4.78 is 27.0. The fraction of sp³-hybridized carbons (Fsp3) is 0.480. The molecule has 166 valence electrons. The van der Waals surface area contributed by atoms with E-state index in [-0.39, 0.29) is 29.6 Å². The second-order valence-corrected chi connectivity index (χ2v) is 8.64. The van der Waals surface area contributed by atoms with E-state index < -0.39 is 0 Å². The van der Waals surface area contributed by atoms with Crippen LogP contribution in [0.1, 0.15) is 43.9 Å². The molecule has 0 aromatic heterocycles. The number of benzene rings is 2. The molecule has 0 N–H and O–H groups in total. The summed E-state index contributed by atoms with van der Waals surface area (Å²) in [5, 5.41) is 0. The van der Waals surface area contributed by atoms with Crippen molar-refractivity contribution < 1.29 is 13.6 Å². The van der Waals surface area contributed by atoms with Gasteiger partial charge in [0.15, 0.2) is 0 Å². The van der Waals surface area contributed by atoms with Crippen molar-refractivity contribution in [3.8, 4) is 0 Å². The third-order valence-corrected chi connectivity index (χ3v) is 6.84. The lowest BCUT2D eigenvalue weighted by Gasteiger charge is -2.41. The average molecular weight is 428 g/mol. The molecule has 0 radical (unpaired) electrons. The lowest BCUT2D eigenvalue weighted by Crippen LogP contribution is -2.54. The molecule has 2 aromatic carbocycles. The summed E-state index contributed by atoms with van der Waals surface area (Å²) in [5.74, 6) is -0.308. The topological polar surface area (TPSA) is 26.8 Å². The maximum atomic E-state index is 13.5. The standard InChI is InChI=1S/C25H31F2N3O/c1-3-30-18(2)4-13-23(30)25(31)29-16-14-28(15-17-29)24(19-5-9-21(26)10-6-19)20-7-11-22(27)12-8-20/h5-12,18,23-24H,3-4,13-17H2,1-2H3/t18?,23-/m0/s1. The fourth-order valence-corrected chi connectivity index (χ4v) is 5.15. The molecule has 6 heteroatoms. The van der Waals surface area contributed by atoms with Crippen LogP contribution in [0.2, 0.25) is 0 Å². The summed E-state index contributed by atoms with van der Waals surface area (Å²) in [5.41, 5.74) is 1.93. The summed E-state index contributed by atoms with van der Waals surface area (Å²) in [4.78, 5) is 19.8. The number of carbonyl (C=O) groups is 1. The van der Waals surface area contributed by atoms with Gasteiger partial charge in [-0.05, 0) is 61.7 Å². The van der Waals surface area contributed by atoms with Crippen LogP contribution in [-0.4, -0.2) is 65.4 Å². The summed E-state index contributed by atoms with van der Waals surface area (Å²) >= 11 is 0. The number of piperazine rings is 1. The van der Waals surface area contributed by atoms with E-state index in [9.17, 15) is 13.6 Å². The van der Waals surface area contributed by atoms with Gasteiger partial charge in [-0.25, -0.2) is 8.78 Å². The highest BCUT2D eigenvalue weighted by Crippen LogP contribution is 2.31. The van der Waals surface area contributed by atoms with Gasteiger partial charge in [-0.3, -0.25) is 14.6 Å². The number of hydrogen-bond donors (Lipinski definition) is 0. The number of carbonyl (C=O) groups excluding carboxylic acids is 1. The Morgan fingerprint density at radius 2 is 1.42 bits per heavy atom. The van der Waals surface area contributed by atoms with Gasteiger partial charge in [0.1, 0.15) is 11.6 Å². The van der Waals surface area contributed by atoms with Crippen LogP contribution in [0.5, 0.6) is 0 Å². The van der Waals surface area contributed by atoms with E-state index in [1.807, 2.05) is 4.90 Å². The van der Waals surface area contributed by atoms with Gasteiger partial charge in [0.05, 0.1) is 12.1 Å². The maximum absolute atomic E-state index is 13.5. The molecule has 4 rings (SSSR count). The predicted molar refractivity (Wildman–Crippen MR) is 118 cm³/mol. The van der Waals surface area contributed by atoms with E-state index in [0.29, 0.717) is 19.1 Å². The van der Waals surface area contributed by atoms with Crippen molar-refractivity contribution in [1.29, 1.82) is 0 Å². The normalized spacial score (nSPS) is 22.9. The predicted octanol–water partition coefficient (Wildman–Crippen LogP) is 4.07. The quantitative estimate of drug-likeness (QED) is 0.720. The highest BCUT2D eigenvalue weighted by molar-refractivity contribution is 5.82. The molecule has 0 bridgehead atoms. The van der Waals surface area contributed by atoms with E-state index in [1.54, 1.807) is 24.3 Å². The van der Waals surface area contributed by atoms with Crippen molar-refractivity contribution >= 4 is 5.91 Å². The molecule has 2 aliphatic rings. The average Bonchev–Trinajstić information content (AvgIpc) is 3.17. The van der Waals surface area contributed by atoms with Gasteiger partial charge in [-0.2, -0.15) is 0 Å². The van der Waals surface area contributed by atoms with Crippen molar-refractivity contribution in [2.24, 2.45) is 0 Å². The number of likely N-dealkylation sites (tertiary alicyclic amines) is 1. The van der Waals surface area contributed by atoms with E-state index in [2.05, 4.69) is 23.6 Å². The first-order valence-corrected chi connectivity index (χ1v) is 11.3. The van der Waals surface area contributed by atoms with Crippen LogP contribution in [0.25, 0.3) is 0 Å². The second-order valence-electron chi connectivity index (χ2n) is 8.64. The van der Waals surface area contributed by atoms with Crippen molar-refractivity contribution in [2.75, 3.05) is 32.7 Å². The number of hydrogen-bond acceptors (Lipinski definition) is 3. The Labute approximate surface area is 183 Å². The summed E-state index contributed by atoms with van der Waals surface area (Å²) in [7, 11) is 0. The van der Waals surface area contributed by atoms with Crippen molar-refractivity contribution in [3.63, 3.8) is 0 Å². The van der Waals surface area contributed by atoms with Crippen molar-refractivity contribution in [1.82, 2.24) is 14.7 Å². The largest absolute Gasteiger partial charge is 0.339 e. The third-order valence-electron chi connectivity index (χ3n) is 6.84. The minimum Gasteiger partial charge on any atom is -0.339 e. The third kappa shape index (κ3) is 4.65. The SMILES string of the molecule is CCN1C(C)CC[C@H]1C(=O)N1CCN(C(c2ccc(F)cc2)c2ccc(F)cc2)CC1. The van der Waals surface area contributed by atoms with Gasteiger partial charge in [0.2, 0.25) is 5.91 Å². The van der Waals surface area contributed by atoms with Crippen LogP contribution in [0, 0.1) is 11.6 Å². The van der Waals surface area contributed by atoms with Crippen molar-refractivity contribution in [2.45, 2.75) is 44.8 Å². The molecule has 0 aliphatic carbocycles. The molecular formula is C25H31F2N3O. The molecular weight excluding hydrogens is 396 g/mol. The maximum Gasteiger partial charge on any atom is 0.240 e. The molecule has 1 amide bonds. The summed E-state index contributed by atoms with van der Waals surface area (Å²) in [6.07, 6.45) is 2.00. The molecule has 2 atom stereocenters. The fourth-order valence-electron chi connectivity index (χ4n) is 5.15. The minimum absolute atomic E-state index is 0.00320. The van der Waals surface area contributed by atoms with Gasteiger partial charge in [-0.15, -0.1) is 0 Å². The molecule has 31 heavy (non-hydrogen) atoms. The zero-order chi connectivity index (χ0) is 22.0. The van der Waals surface area contributed by atoms with Crippen LogP contribution in [0.4, 0.5) is 8.78 Å². The molecule has 1 unspecified atom stereocenters. The molecule has 0 saturated carbocycles. The van der Waals surface area contributed by atoms with Gasteiger partial charge in [0, 0.05) is 32.2 Å². The Morgan fingerprint density at radius 1 is 0.903 bits per heavy atom. The zero-order valence-corrected chi connectivity index (χ0v) is 18.3. The molecule has 2 aromatic rings. The highest BCUT2D eigenvalue weighted by Gasteiger charge is 2.38. The van der Waals surface area contributed by atoms with Gasteiger partial charge in [0.25, 0.3) is 0 Å². The van der Waals surface area contributed by atoms with Crippen LogP contribution in [-0.2, 0) is 4.79 Å². The molecule has 2 saturated heterocycles. The van der Waals surface area contributed by atoms with E-state index in [1.165, 1.54) is 24.3 Å². The highest BCUT2D eigenvalue weighted by atomic mass is 19.1. The van der Waals surface area contributed by atoms with E-state index in [0.717, 1.165) is 43.6 Å². The Kier molecular flexibility index (Phi) is 6.68. The van der Waals surface area contributed by atoms with Crippen LogP contribution in [0.3, 0.4) is 0 Å². The summed E-state index contributed by atoms with van der Waals surface area (Å²) in [6, 6.07) is 13.4. The molecule has 2 fully saturated rings. The first-order chi connectivity index (χ1) is 15.0. The van der Waals surface area contributed by atoms with Gasteiger partial charge in [-0.1, -0.05) is 31.2 Å². The van der Waals surface area contributed by atoms with Crippen LogP contribution in [0.15, 0.2) is 48.5 Å². The lowest BCUT2D eigenvalue weighted by molar-refractivity contribution is -0.138. The van der Waals surface area contributed by atoms with E-state index in [4.69, 9.17) is 0 Å². The Hall–Kier alpha value is -2.31. The van der Waals surface area contributed by atoms with Crippen LogP contribution >= 0.6 is 0 Å². The minimum atomic E-state index is -0.275. The monoisotopic (exact) mass is 427 g/mol. The van der Waals surface area contributed by atoms with Crippen molar-refractivity contribution in [3.05, 3.63) is 71.3 Å². The number of nitrogens with zero attached hydrogens (tertiary/aromatic N) is 3. The number of likely N-dealkylation sites (N-methyl/N-ethyl adjacent to an activating group) is 1. The molecule has 2 aliphatic heterocycles. The van der Waals surface area contributed by atoms with Gasteiger partial charge >= 0.3 is 0 Å². The molecule has 4 nitrogen and oxygen atoms in total. The first-order valence-electron chi connectivity index (χ1n) is 11.3. The molecule has 0 spiro atoms. The van der Waals surface area contributed by atoms with E-state index >= 15 is 0 Å². The smallest absolute Gasteiger partial charge is 0.240 e. The Balaban J connectivity index is 1.49.